The summed E-state index contributed by atoms with van der Waals surface area (Å²) in [5.74, 6) is 2.11. The maximum absolute atomic E-state index is 6.10. The second-order valence-electron chi connectivity index (χ2n) is 5.03. The van der Waals surface area contributed by atoms with Crippen LogP contribution in [0.5, 0.6) is 0 Å². The maximum atomic E-state index is 6.10. The Morgan fingerprint density at radius 1 is 1.38 bits per heavy atom. The zero-order chi connectivity index (χ0) is 11.9. The smallest absolute Gasteiger partial charge is 0.0494 e. The molecule has 1 saturated carbocycles. The van der Waals surface area contributed by atoms with Crippen LogP contribution in [0.2, 0.25) is 0 Å². The fourth-order valence-corrected chi connectivity index (χ4v) is 3.38. The molecule has 0 aromatic carbocycles. The summed E-state index contributed by atoms with van der Waals surface area (Å²) in [5.41, 5.74) is 2.60. The number of allylic oxidation sites excluding steroid dienone is 4. The van der Waals surface area contributed by atoms with Crippen molar-refractivity contribution in [2.24, 2.45) is 17.8 Å². The molecule has 0 radical (unpaired) electrons. The van der Waals surface area contributed by atoms with Crippen molar-refractivity contribution >= 4 is 11.6 Å². The highest BCUT2D eigenvalue weighted by Crippen LogP contribution is 2.51. The first-order valence-electron chi connectivity index (χ1n) is 6.01. The second kappa shape index (κ2) is 4.29. The van der Waals surface area contributed by atoms with E-state index < -0.39 is 0 Å². The molecular formula is C14H20ClN. The minimum absolute atomic E-state index is 0.0848. The second-order valence-corrected chi connectivity index (χ2v) is 5.72. The summed E-state index contributed by atoms with van der Waals surface area (Å²) in [6.07, 6.45) is 6.08. The molecule has 3 fully saturated rings. The Bertz CT molecular complexity index is 344. The SMILES string of the molecule is C=C/C=C1/NC2C(C)C(/C1=C/C(C)Cl)C2C. The van der Waals surface area contributed by atoms with E-state index in [2.05, 4.69) is 37.9 Å². The molecule has 0 aromatic rings. The molecule has 2 aliphatic heterocycles. The highest BCUT2D eigenvalue weighted by atomic mass is 35.5. The molecule has 1 N–H and O–H groups in total. The first-order valence-corrected chi connectivity index (χ1v) is 6.45. The lowest BCUT2D eigenvalue weighted by atomic mass is 9.56. The quantitative estimate of drug-likeness (QED) is 0.725. The Balaban J connectivity index is 2.33. The number of hydrogen-bond donors (Lipinski definition) is 1. The summed E-state index contributed by atoms with van der Waals surface area (Å²) in [7, 11) is 0. The molecule has 3 unspecified atom stereocenters. The fraction of sp³-hybridized carbons (Fsp3) is 0.571. The van der Waals surface area contributed by atoms with Gasteiger partial charge in [-0.3, -0.25) is 0 Å². The van der Waals surface area contributed by atoms with Gasteiger partial charge in [-0.05, 0) is 36.3 Å². The van der Waals surface area contributed by atoms with E-state index in [0.717, 1.165) is 11.8 Å². The van der Waals surface area contributed by atoms with Gasteiger partial charge in [-0.2, -0.15) is 0 Å². The molecule has 2 bridgehead atoms. The molecule has 1 nitrogen and oxygen atoms in total. The van der Waals surface area contributed by atoms with Crippen molar-refractivity contribution in [1.82, 2.24) is 5.32 Å². The molecule has 88 valence electrons. The summed E-state index contributed by atoms with van der Waals surface area (Å²) in [5, 5.41) is 3.69. The molecule has 1 aliphatic carbocycles. The Hall–Kier alpha value is -0.690. The molecular weight excluding hydrogens is 218 g/mol. The van der Waals surface area contributed by atoms with Crippen molar-refractivity contribution in [1.29, 1.82) is 0 Å². The Morgan fingerprint density at radius 2 is 2.00 bits per heavy atom. The molecule has 3 rings (SSSR count). The van der Waals surface area contributed by atoms with Crippen molar-refractivity contribution < 1.29 is 0 Å². The summed E-state index contributed by atoms with van der Waals surface area (Å²) >= 11 is 6.10. The van der Waals surface area contributed by atoms with E-state index in [-0.39, 0.29) is 5.38 Å². The lowest BCUT2D eigenvalue weighted by molar-refractivity contribution is 0.0517. The normalized spacial score (nSPS) is 43.8. The zero-order valence-corrected chi connectivity index (χ0v) is 11.0. The average molecular weight is 238 g/mol. The van der Waals surface area contributed by atoms with Crippen LogP contribution in [0.3, 0.4) is 0 Å². The van der Waals surface area contributed by atoms with Gasteiger partial charge < -0.3 is 5.32 Å². The van der Waals surface area contributed by atoms with Crippen LogP contribution in [0, 0.1) is 17.8 Å². The molecule has 3 atom stereocenters. The van der Waals surface area contributed by atoms with Crippen LogP contribution in [-0.4, -0.2) is 11.4 Å². The van der Waals surface area contributed by atoms with Crippen LogP contribution < -0.4 is 5.32 Å². The van der Waals surface area contributed by atoms with Gasteiger partial charge in [0.2, 0.25) is 0 Å². The minimum atomic E-state index is 0.0848. The van der Waals surface area contributed by atoms with Gasteiger partial charge >= 0.3 is 0 Å². The summed E-state index contributed by atoms with van der Waals surface area (Å²) in [6.45, 7) is 10.4. The summed E-state index contributed by atoms with van der Waals surface area (Å²) in [6, 6.07) is 0.624. The summed E-state index contributed by atoms with van der Waals surface area (Å²) < 4.78 is 0. The van der Waals surface area contributed by atoms with Crippen LogP contribution in [0.25, 0.3) is 0 Å². The molecule has 2 heteroatoms. The van der Waals surface area contributed by atoms with Crippen LogP contribution in [0.1, 0.15) is 20.8 Å². The van der Waals surface area contributed by atoms with Crippen molar-refractivity contribution in [2.75, 3.05) is 0 Å². The number of fused-ring (bicyclic) bond motifs is 2. The van der Waals surface area contributed by atoms with E-state index in [9.17, 15) is 0 Å². The summed E-state index contributed by atoms with van der Waals surface area (Å²) in [4.78, 5) is 0. The van der Waals surface area contributed by atoms with E-state index >= 15 is 0 Å². The topological polar surface area (TPSA) is 12.0 Å². The first-order chi connectivity index (χ1) is 7.56. The monoisotopic (exact) mass is 237 g/mol. The standard InChI is InChI=1S/C14H20ClN/c1-5-6-12-11(7-8(2)15)13-9(3)14(16-12)10(13)4/h5-10,13-14,16H,1H2,2-4H3/b11-7+,12-6+. The lowest BCUT2D eigenvalue weighted by Gasteiger charge is -2.56. The Morgan fingerprint density at radius 3 is 2.50 bits per heavy atom. The van der Waals surface area contributed by atoms with E-state index in [1.807, 2.05) is 13.0 Å². The van der Waals surface area contributed by atoms with Crippen molar-refractivity contribution in [3.8, 4) is 0 Å². The highest BCUT2D eigenvalue weighted by molar-refractivity contribution is 6.21. The highest BCUT2D eigenvalue weighted by Gasteiger charge is 2.51. The zero-order valence-electron chi connectivity index (χ0n) is 10.2. The third-order valence-electron chi connectivity index (χ3n) is 3.95. The first kappa shape index (κ1) is 11.8. The number of halogens is 1. The number of alkyl halides is 1. The van der Waals surface area contributed by atoms with Crippen LogP contribution in [0.15, 0.2) is 36.1 Å². The molecule has 2 saturated heterocycles. The third kappa shape index (κ3) is 1.71. The molecule has 0 amide bonds. The van der Waals surface area contributed by atoms with E-state index in [4.69, 9.17) is 11.6 Å². The van der Waals surface area contributed by atoms with Gasteiger partial charge in [0.25, 0.3) is 0 Å². The van der Waals surface area contributed by atoms with Gasteiger partial charge in [0.15, 0.2) is 0 Å². The van der Waals surface area contributed by atoms with Crippen LogP contribution in [0.4, 0.5) is 0 Å². The molecule has 2 heterocycles. The lowest BCUT2D eigenvalue weighted by Crippen LogP contribution is -2.61. The fourth-order valence-electron chi connectivity index (χ4n) is 3.24. The van der Waals surface area contributed by atoms with E-state index in [1.165, 1.54) is 11.3 Å². The number of hydrogen-bond acceptors (Lipinski definition) is 1. The third-order valence-corrected chi connectivity index (χ3v) is 4.08. The maximum Gasteiger partial charge on any atom is 0.0494 e. The van der Waals surface area contributed by atoms with Crippen molar-refractivity contribution in [3.63, 3.8) is 0 Å². The average Bonchev–Trinajstić information content (AvgIpc) is 2.21. The van der Waals surface area contributed by atoms with Gasteiger partial charge in [0.05, 0.1) is 0 Å². The van der Waals surface area contributed by atoms with E-state index in [0.29, 0.717) is 12.0 Å². The predicted octanol–water partition coefficient (Wildman–Crippen LogP) is 3.48. The molecule has 3 aliphatic rings. The number of rotatable bonds is 2. The van der Waals surface area contributed by atoms with Gasteiger partial charge in [-0.15, -0.1) is 11.6 Å². The largest absolute Gasteiger partial charge is 0.382 e. The molecule has 16 heavy (non-hydrogen) atoms. The van der Waals surface area contributed by atoms with Gasteiger partial charge in [-0.1, -0.05) is 32.6 Å². The molecule has 0 spiro atoms. The van der Waals surface area contributed by atoms with Crippen LogP contribution >= 0.6 is 11.6 Å². The van der Waals surface area contributed by atoms with Crippen molar-refractivity contribution in [3.05, 3.63) is 36.1 Å². The molecule has 0 aromatic heterocycles. The van der Waals surface area contributed by atoms with Crippen molar-refractivity contribution in [2.45, 2.75) is 32.2 Å². The van der Waals surface area contributed by atoms with Gasteiger partial charge in [0, 0.05) is 17.1 Å². The number of nitrogens with one attached hydrogen (secondary N) is 1. The van der Waals surface area contributed by atoms with Crippen LogP contribution in [-0.2, 0) is 0 Å². The predicted molar refractivity (Wildman–Crippen MR) is 70.4 cm³/mol. The van der Waals surface area contributed by atoms with Gasteiger partial charge in [0.1, 0.15) is 0 Å². The Kier molecular flexibility index (Phi) is 3.16. The van der Waals surface area contributed by atoms with E-state index in [1.54, 1.807) is 0 Å². The van der Waals surface area contributed by atoms with Gasteiger partial charge in [-0.25, -0.2) is 0 Å². The number of piperidine rings is 2. The Labute approximate surface area is 103 Å². The minimum Gasteiger partial charge on any atom is -0.382 e.